The van der Waals surface area contributed by atoms with Crippen molar-refractivity contribution in [2.24, 2.45) is 11.8 Å². The SMILES string of the molecule is CC[C@H]1C[N@+]2(Cc3ccccc3F)CC[C@H]1C[C@@H]2[C@H](O)c1ccnc2ccccc12. The van der Waals surface area contributed by atoms with Gasteiger partial charge in [-0.3, -0.25) is 4.98 Å². The van der Waals surface area contributed by atoms with E-state index in [2.05, 4.69) is 11.9 Å². The maximum atomic E-state index is 14.6. The Labute approximate surface area is 177 Å². The van der Waals surface area contributed by atoms with E-state index in [0.717, 1.165) is 52.4 Å². The molecular formula is C26H30FN2O+. The van der Waals surface area contributed by atoms with Crippen molar-refractivity contribution in [1.82, 2.24) is 4.98 Å². The van der Waals surface area contributed by atoms with Crippen LogP contribution in [-0.4, -0.2) is 33.7 Å². The van der Waals surface area contributed by atoms with Crippen molar-refractivity contribution in [3.63, 3.8) is 0 Å². The molecule has 0 radical (unpaired) electrons. The first kappa shape index (κ1) is 19.7. The van der Waals surface area contributed by atoms with Crippen LogP contribution >= 0.6 is 0 Å². The lowest BCUT2D eigenvalue weighted by atomic mass is 9.70. The Morgan fingerprint density at radius 3 is 2.77 bits per heavy atom. The maximum Gasteiger partial charge on any atom is 0.132 e. The molecule has 2 aromatic carbocycles. The summed E-state index contributed by atoms with van der Waals surface area (Å²) in [5, 5.41) is 12.7. The first-order chi connectivity index (χ1) is 14.6. The number of aromatic nitrogens is 1. The van der Waals surface area contributed by atoms with E-state index < -0.39 is 6.10 Å². The average molecular weight is 406 g/mol. The molecule has 1 aromatic heterocycles. The second-order valence-corrected chi connectivity index (χ2v) is 9.26. The average Bonchev–Trinajstić information content (AvgIpc) is 2.79. The molecule has 3 aliphatic rings. The molecule has 5 atom stereocenters. The molecular weight excluding hydrogens is 375 g/mol. The molecule has 0 aliphatic carbocycles. The summed E-state index contributed by atoms with van der Waals surface area (Å²) in [5.41, 5.74) is 2.64. The minimum Gasteiger partial charge on any atom is -0.382 e. The molecule has 0 spiro atoms. The third-order valence-electron chi connectivity index (χ3n) is 7.79. The van der Waals surface area contributed by atoms with Crippen molar-refractivity contribution in [3.8, 4) is 0 Å². The summed E-state index contributed by atoms with van der Waals surface area (Å²) in [4.78, 5) is 4.47. The van der Waals surface area contributed by atoms with Crippen molar-refractivity contribution >= 4 is 10.9 Å². The smallest absolute Gasteiger partial charge is 0.132 e. The highest BCUT2D eigenvalue weighted by Crippen LogP contribution is 2.48. The van der Waals surface area contributed by atoms with Crippen LogP contribution in [0.2, 0.25) is 0 Å². The Balaban J connectivity index is 1.56. The van der Waals surface area contributed by atoms with Gasteiger partial charge in [0.25, 0.3) is 0 Å². The summed E-state index contributed by atoms with van der Waals surface area (Å²) >= 11 is 0. The summed E-state index contributed by atoms with van der Waals surface area (Å²) in [6.45, 7) is 4.97. The van der Waals surface area contributed by atoms with E-state index in [0.29, 0.717) is 18.4 Å². The number of nitrogens with zero attached hydrogens (tertiary/aromatic N) is 2. The zero-order valence-corrected chi connectivity index (χ0v) is 17.5. The van der Waals surface area contributed by atoms with Crippen LogP contribution in [0.25, 0.3) is 10.9 Å². The number of para-hydroxylation sites is 1. The third kappa shape index (κ3) is 3.23. The minimum atomic E-state index is -0.578. The van der Waals surface area contributed by atoms with E-state index in [9.17, 15) is 9.50 Å². The molecule has 0 saturated carbocycles. The Hall–Kier alpha value is -2.30. The summed E-state index contributed by atoms with van der Waals surface area (Å²) in [6.07, 6.45) is 4.55. The van der Waals surface area contributed by atoms with Gasteiger partial charge in [0.15, 0.2) is 0 Å². The summed E-state index contributed by atoms with van der Waals surface area (Å²) in [6, 6.07) is 17.2. The fourth-order valence-corrected chi connectivity index (χ4v) is 6.21. The van der Waals surface area contributed by atoms with Crippen LogP contribution in [0.5, 0.6) is 0 Å². The molecule has 156 valence electrons. The van der Waals surface area contributed by atoms with E-state index >= 15 is 0 Å². The van der Waals surface area contributed by atoms with Gasteiger partial charge in [-0.15, -0.1) is 0 Å². The van der Waals surface area contributed by atoms with Gasteiger partial charge in [-0.2, -0.15) is 0 Å². The van der Waals surface area contributed by atoms with Gasteiger partial charge >= 0.3 is 0 Å². The molecule has 30 heavy (non-hydrogen) atoms. The predicted octanol–water partition coefficient (Wildman–Crippen LogP) is 5.24. The van der Waals surface area contributed by atoms with Gasteiger partial charge in [-0.05, 0) is 36.1 Å². The van der Waals surface area contributed by atoms with Crippen molar-refractivity contribution < 1.29 is 14.0 Å². The van der Waals surface area contributed by atoms with Gasteiger partial charge in [0.1, 0.15) is 24.5 Å². The number of hydrogen-bond donors (Lipinski definition) is 1. The van der Waals surface area contributed by atoms with E-state index in [1.165, 1.54) is 6.42 Å². The van der Waals surface area contributed by atoms with E-state index in [-0.39, 0.29) is 11.9 Å². The van der Waals surface area contributed by atoms with Crippen LogP contribution in [0.1, 0.15) is 43.4 Å². The van der Waals surface area contributed by atoms with Crippen LogP contribution in [-0.2, 0) is 6.54 Å². The van der Waals surface area contributed by atoms with Crippen LogP contribution < -0.4 is 0 Å². The van der Waals surface area contributed by atoms with Gasteiger partial charge in [0, 0.05) is 35.9 Å². The van der Waals surface area contributed by atoms with Crippen LogP contribution in [0.15, 0.2) is 60.8 Å². The highest BCUT2D eigenvalue weighted by atomic mass is 19.1. The first-order valence-electron chi connectivity index (χ1n) is 11.2. The Morgan fingerprint density at radius 1 is 1.13 bits per heavy atom. The predicted molar refractivity (Wildman–Crippen MR) is 117 cm³/mol. The van der Waals surface area contributed by atoms with Crippen molar-refractivity contribution in [2.45, 2.75) is 44.9 Å². The molecule has 1 N–H and O–H groups in total. The largest absolute Gasteiger partial charge is 0.382 e. The number of aliphatic hydroxyl groups is 1. The lowest BCUT2D eigenvalue weighted by Gasteiger charge is -2.58. The highest BCUT2D eigenvalue weighted by Gasteiger charge is 2.54. The fraction of sp³-hybridized carbons (Fsp3) is 0.423. The standard InChI is InChI=1S/C26H30FN2O/c1-2-18-16-29(17-20-7-3-5-9-23(20)27)14-12-19(18)15-25(29)26(30)22-11-13-28-24-10-6-4-8-21(22)24/h3-11,13,18-19,25-26,30H,2,12,14-17H2,1H3/q+1/t18-,19-,25+,26+,29-/m0/s1. The Morgan fingerprint density at radius 2 is 1.93 bits per heavy atom. The Kier molecular flexibility index (Phi) is 5.08. The number of rotatable bonds is 5. The monoisotopic (exact) mass is 405 g/mol. The molecule has 4 heteroatoms. The van der Waals surface area contributed by atoms with Crippen molar-refractivity contribution in [1.29, 1.82) is 0 Å². The summed E-state index contributed by atoms with van der Waals surface area (Å²) in [7, 11) is 0. The lowest BCUT2D eigenvalue weighted by molar-refractivity contribution is -0.986. The van der Waals surface area contributed by atoms with Crippen LogP contribution in [0.4, 0.5) is 4.39 Å². The number of quaternary nitrogens is 1. The number of pyridine rings is 1. The molecule has 2 bridgehead atoms. The zero-order chi connectivity index (χ0) is 20.7. The number of benzene rings is 2. The van der Waals surface area contributed by atoms with Gasteiger partial charge in [0.2, 0.25) is 0 Å². The summed E-state index contributed by atoms with van der Waals surface area (Å²) < 4.78 is 15.4. The molecule has 3 aliphatic heterocycles. The van der Waals surface area contributed by atoms with Crippen LogP contribution in [0.3, 0.4) is 0 Å². The molecule has 3 saturated heterocycles. The normalized spacial score (nSPS) is 29.2. The second-order valence-electron chi connectivity index (χ2n) is 9.26. The topological polar surface area (TPSA) is 33.1 Å². The molecule has 3 nitrogen and oxygen atoms in total. The molecule has 4 heterocycles. The number of halogens is 1. The number of piperidine rings is 3. The molecule has 6 rings (SSSR count). The van der Waals surface area contributed by atoms with E-state index in [1.54, 1.807) is 18.3 Å². The van der Waals surface area contributed by atoms with E-state index in [4.69, 9.17) is 0 Å². The molecule has 3 aromatic rings. The van der Waals surface area contributed by atoms with E-state index in [1.807, 2.05) is 42.5 Å². The minimum absolute atomic E-state index is 0.0805. The number of aliphatic hydroxyl groups excluding tert-OH is 1. The zero-order valence-electron chi connectivity index (χ0n) is 17.5. The Bertz CT molecular complexity index is 1050. The number of fused-ring (bicyclic) bond motifs is 4. The summed E-state index contributed by atoms with van der Waals surface area (Å²) in [5.74, 6) is 1.18. The van der Waals surface area contributed by atoms with Gasteiger partial charge in [0.05, 0.1) is 18.6 Å². The van der Waals surface area contributed by atoms with Gasteiger partial charge in [-0.25, -0.2) is 4.39 Å². The maximum absolute atomic E-state index is 14.6. The van der Waals surface area contributed by atoms with Gasteiger partial charge in [-0.1, -0.05) is 43.3 Å². The van der Waals surface area contributed by atoms with Crippen molar-refractivity contribution in [2.75, 3.05) is 13.1 Å². The van der Waals surface area contributed by atoms with Gasteiger partial charge < -0.3 is 9.59 Å². The first-order valence-corrected chi connectivity index (χ1v) is 11.2. The lowest BCUT2D eigenvalue weighted by Crippen LogP contribution is -2.67. The number of hydrogen-bond acceptors (Lipinski definition) is 2. The molecule has 3 fully saturated rings. The fourth-order valence-electron chi connectivity index (χ4n) is 6.21. The molecule has 0 unspecified atom stereocenters. The third-order valence-corrected chi connectivity index (χ3v) is 7.79. The quantitative estimate of drug-likeness (QED) is 0.589. The van der Waals surface area contributed by atoms with Crippen LogP contribution in [0, 0.1) is 17.7 Å². The van der Waals surface area contributed by atoms with Crippen molar-refractivity contribution in [3.05, 3.63) is 77.7 Å². The molecule has 0 amide bonds. The highest BCUT2D eigenvalue weighted by molar-refractivity contribution is 5.82. The second kappa shape index (κ2) is 7.75.